The number of amides is 2. The largest absolute Gasteiger partial charge is 0.482 e. The molecule has 3 N–H and O–H groups in total. The van der Waals surface area contributed by atoms with Crippen LogP contribution in [0.3, 0.4) is 0 Å². The van der Waals surface area contributed by atoms with Gasteiger partial charge in [0.2, 0.25) is 0 Å². The molecule has 0 aliphatic heterocycles. The molecule has 2 aromatic carbocycles. The minimum Gasteiger partial charge on any atom is -0.482 e. The molecule has 0 saturated carbocycles. The number of carbonyl (C=O) groups is 2. The van der Waals surface area contributed by atoms with Gasteiger partial charge >= 0.3 is 0 Å². The van der Waals surface area contributed by atoms with Gasteiger partial charge in [0, 0.05) is 14.2 Å². The van der Waals surface area contributed by atoms with Gasteiger partial charge in [-0.25, -0.2) is 0 Å². The number of aryl methyl sites for hydroxylation is 1. The van der Waals surface area contributed by atoms with E-state index < -0.39 is 5.91 Å². The van der Waals surface area contributed by atoms with Crippen molar-refractivity contribution >= 4 is 74.9 Å². The second kappa shape index (κ2) is 10.1. The highest BCUT2D eigenvalue weighted by molar-refractivity contribution is 14.1. The Morgan fingerprint density at radius 2 is 1.89 bits per heavy atom. The van der Waals surface area contributed by atoms with E-state index in [-0.39, 0.29) is 17.6 Å². The van der Waals surface area contributed by atoms with E-state index in [1.165, 1.54) is 6.07 Å². The minimum atomic E-state index is -0.512. The number of carbonyl (C=O) groups excluding carboxylic acids is 2. The second-order valence-corrected chi connectivity index (χ2v) is 7.70. The van der Waals surface area contributed by atoms with Gasteiger partial charge in [0.05, 0.1) is 5.02 Å². The summed E-state index contributed by atoms with van der Waals surface area (Å²) in [4.78, 5) is 23.9. The van der Waals surface area contributed by atoms with Crippen LogP contribution in [0.25, 0.3) is 0 Å². The highest BCUT2D eigenvalue weighted by Gasteiger charge is 2.11. The summed E-state index contributed by atoms with van der Waals surface area (Å²) in [5.41, 5.74) is 6.28. The van der Waals surface area contributed by atoms with Crippen LogP contribution in [0.5, 0.6) is 5.75 Å². The van der Waals surface area contributed by atoms with Crippen molar-refractivity contribution in [3.8, 4) is 5.75 Å². The smallest absolute Gasteiger partial charge is 0.276 e. The average molecular weight is 538 g/mol. The lowest BCUT2D eigenvalue weighted by atomic mass is 10.1. The maximum absolute atomic E-state index is 12.1. The monoisotopic (exact) mass is 537 g/mol. The summed E-state index contributed by atoms with van der Waals surface area (Å²) in [5, 5.41) is 3.18. The first kappa shape index (κ1) is 21.7. The van der Waals surface area contributed by atoms with Crippen LogP contribution in [-0.2, 0) is 4.79 Å². The van der Waals surface area contributed by atoms with Crippen molar-refractivity contribution in [2.75, 3.05) is 6.61 Å². The summed E-state index contributed by atoms with van der Waals surface area (Å²) in [5.74, 6) is -0.576. The number of thiocarbonyl (C=S) groups is 1. The van der Waals surface area contributed by atoms with Gasteiger partial charge in [0.25, 0.3) is 11.8 Å². The van der Waals surface area contributed by atoms with Crippen LogP contribution in [0.2, 0.25) is 10.0 Å². The zero-order valence-corrected chi connectivity index (χ0v) is 18.4. The quantitative estimate of drug-likeness (QED) is 0.315. The molecular weight excluding hydrogens is 524 g/mol. The Morgan fingerprint density at radius 3 is 2.56 bits per heavy atom. The third kappa shape index (κ3) is 6.80. The van der Waals surface area contributed by atoms with Gasteiger partial charge in [-0.15, -0.1) is 0 Å². The first-order valence-corrected chi connectivity index (χ1v) is 9.74. The number of nitrogens with one attached hydrogen (secondary N) is 3. The van der Waals surface area contributed by atoms with E-state index in [1.54, 1.807) is 24.3 Å². The van der Waals surface area contributed by atoms with E-state index in [0.717, 1.165) is 9.13 Å². The number of hydrazine groups is 1. The first-order valence-electron chi connectivity index (χ1n) is 7.50. The molecule has 0 spiro atoms. The number of rotatable bonds is 4. The van der Waals surface area contributed by atoms with E-state index in [9.17, 15) is 9.59 Å². The van der Waals surface area contributed by atoms with Crippen molar-refractivity contribution in [1.82, 2.24) is 16.2 Å². The Bertz CT molecular complexity index is 896. The fraction of sp³-hybridized carbons (Fsp3) is 0.118. The van der Waals surface area contributed by atoms with Gasteiger partial charge in [0.1, 0.15) is 5.75 Å². The second-order valence-electron chi connectivity index (χ2n) is 5.28. The van der Waals surface area contributed by atoms with E-state index in [1.807, 2.05) is 13.0 Å². The van der Waals surface area contributed by atoms with Crippen LogP contribution in [0.15, 0.2) is 36.4 Å². The molecule has 0 bridgehead atoms. The average Bonchev–Trinajstić information content (AvgIpc) is 2.61. The molecule has 27 heavy (non-hydrogen) atoms. The summed E-state index contributed by atoms with van der Waals surface area (Å²) >= 11 is 18.9. The zero-order chi connectivity index (χ0) is 20.0. The minimum absolute atomic E-state index is 0.0477. The van der Waals surface area contributed by atoms with Gasteiger partial charge in [0.15, 0.2) is 11.7 Å². The molecule has 2 amide bonds. The molecule has 10 heteroatoms. The topological polar surface area (TPSA) is 79.5 Å². The number of benzene rings is 2. The molecule has 0 atom stereocenters. The Labute approximate surface area is 185 Å². The molecule has 0 saturated heterocycles. The lowest BCUT2D eigenvalue weighted by Crippen LogP contribution is -2.49. The maximum Gasteiger partial charge on any atom is 0.276 e. The van der Waals surface area contributed by atoms with Crippen molar-refractivity contribution < 1.29 is 14.3 Å². The standard InChI is InChI=1S/C17H14Cl2IN3O3S/c1-9-2-3-10(6-13(9)20)16(25)21-17(27)23-22-15(24)8-26-14-5-4-11(18)7-12(14)19/h2-7H,8H2,1H3,(H,22,24)(H2,21,23,25,27). The summed E-state index contributed by atoms with van der Waals surface area (Å²) in [6.07, 6.45) is 0. The third-order valence-electron chi connectivity index (χ3n) is 3.23. The van der Waals surface area contributed by atoms with Crippen molar-refractivity contribution in [2.24, 2.45) is 0 Å². The molecule has 142 valence electrons. The molecule has 0 fully saturated rings. The number of ether oxygens (including phenoxy) is 1. The van der Waals surface area contributed by atoms with Crippen molar-refractivity contribution in [2.45, 2.75) is 6.92 Å². The van der Waals surface area contributed by atoms with Crippen LogP contribution in [0.4, 0.5) is 0 Å². The van der Waals surface area contributed by atoms with Gasteiger partial charge in [-0.1, -0.05) is 29.3 Å². The summed E-state index contributed by atoms with van der Waals surface area (Å²) in [6, 6.07) is 9.93. The molecule has 0 aliphatic rings. The molecule has 6 nitrogen and oxygen atoms in total. The Morgan fingerprint density at radius 1 is 1.15 bits per heavy atom. The number of hydrogen-bond acceptors (Lipinski definition) is 4. The highest BCUT2D eigenvalue weighted by atomic mass is 127. The Kier molecular flexibility index (Phi) is 8.08. The lowest BCUT2D eigenvalue weighted by molar-refractivity contribution is -0.123. The van der Waals surface area contributed by atoms with Gasteiger partial charge in [-0.3, -0.25) is 25.8 Å². The van der Waals surface area contributed by atoms with Crippen molar-refractivity contribution in [3.05, 3.63) is 61.1 Å². The fourth-order valence-electron chi connectivity index (χ4n) is 1.84. The van der Waals surface area contributed by atoms with Crippen LogP contribution in [-0.4, -0.2) is 23.5 Å². The lowest BCUT2D eigenvalue weighted by Gasteiger charge is -2.12. The van der Waals surface area contributed by atoms with E-state index in [4.69, 9.17) is 40.2 Å². The predicted molar refractivity (Wildman–Crippen MR) is 117 cm³/mol. The Balaban J connectivity index is 1.78. The molecule has 0 heterocycles. The molecule has 2 aromatic rings. The van der Waals surface area contributed by atoms with Gasteiger partial charge in [-0.2, -0.15) is 0 Å². The molecule has 0 aliphatic carbocycles. The van der Waals surface area contributed by atoms with Crippen molar-refractivity contribution in [1.29, 1.82) is 0 Å². The van der Waals surface area contributed by atoms with Crippen LogP contribution in [0.1, 0.15) is 15.9 Å². The molecule has 0 unspecified atom stereocenters. The highest BCUT2D eigenvalue weighted by Crippen LogP contribution is 2.27. The SMILES string of the molecule is Cc1ccc(C(=O)NC(=S)NNC(=O)COc2ccc(Cl)cc2Cl)cc1I. The third-order valence-corrected chi connectivity index (χ3v) is 5.13. The number of halogens is 3. The van der Waals surface area contributed by atoms with E-state index >= 15 is 0 Å². The van der Waals surface area contributed by atoms with E-state index in [2.05, 4.69) is 38.8 Å². The molecule has 2 rings (SSSR count). The Hall–Kier alpha value is -1.62. The zero-order valence-electron chi connectivity index (χ0n) is 13.9. The van der Waals surface area contributed by atoms with Crippen molar-refractivity contribution in [3.63, 3.8) is 0 Å². The maximum atomic E-state index is 12.1. The normalized spacial score (nSPS) is 10.1. The molecule has 0 aromatic heterocycles. The van der Waals surface area contributed by atoms with E-state index in [0.29, 0.717) is 21.4 Å². The van der Waals surface area contributed by atoms with Crippen LogP contribution >= 0.6 is 58.0 Å². The summed E-state index contributed by atoms with van der Waals surface area (Å²) < 4.78 is 6.25. The predicted octanol–water partition coefficient (Wildman–Crippen LogP) is 3.62. The van der Waals surface area contributed by atoms with Gasteiger partial charge in [-0.05, 0) is 77.6 Å². The van der Waals surface area contributed by atoms with Crippen LogP contribution in [0, 0.1) is 10.5 Å². The summed E-state index contributed by atoms with van der Waals surface area (Å²) in [7, 11) is 0. The summed E-state index contributed by atoms with van der Waals surface area (Å²) in [6.45, 7) is 1.64. The first-order chi connectivity index (χ1) is 12.8. The fourth-order valence-corrected chi connectivity index (χ4v) is 2.96. The van der Waals surface area contributed by atoms with Crippen LogP contribution < -0.4 is 20.9 Å². The molecule has 0 radical (unpaired) electrons. The number of hydrogen-bond donors (Lipinski definition) is 3. The molecular formula is C17H14Cl2IN3O3S. The van der Waals surface area contributed by atoms with Gasteiger partial charge < -0.3 is 4.74 Å².